The molecular formula is C15H12Br2N2O. The van der Waals surface area contributed by atoms with E-state index in [0.29, 0.717) is 13.2 Å². The second-order valence-electron chi connectivity index (χ2n) is 5.43. The van der Waals surface area contributed by atoms with Crippen LogP contribution in [-0.2, 0) is 13.1 Å². The molecule has 3 nitrogen and oxygen atoms in total. The summed E-state index contributed by atoms with van der Waals surface area (Å²) in [4.78, 5) is 2.19. The number of nitrogens with zero attached hydrogens (tertiary/aromatic N) is 2. The number of rotatable bonds is 0. The zero-order valence-electron chi connectivity index (χ0n) is 10.6. The van der Waals surface area contributed by atoms with Crippen LogP contribution in [0.3, 0.4) is 0 Å². The van der Waals surface area contributed by atoms with Crippen molar-refractivity contribution in [3.05, 3.63) is 61.7 Å². The molecule has 5 heteroatoms. The van der Waals surface area contributed by atoms with Crippen LogP contribution in [0.2, 0.25) is 0 Å². The van der Waals surface area contributed by atoms with Gasteiger partial charge in [-0.25, -0.2) is 0 Å². The fourth-order valence-corrected chi connectivity index (χ4v) is 4.06. The van der Waals surface area contributed by atoms with E-state index in [1.54, 1.807) is 0 Å². The number of hydroxylamine groups is 2. The van der Waals surface area contributed by atoms with Crippen molar-refractivity contribution < 1.29 is 0 Å². The first-order valence-electron chi connectivity index (χ1n) is 6.46. The molecule has 1 atom stereocenters. The molecule has 0 unspecified atom stereocenters. The van der Waals surface area contributed by atoms with Crippen molar-refractivity contribution in [3.63, 3.8) is 0 Å². The predicted octanol–water partition coefficient (Wildman–Crippen LogP) is 4.51. The van der Waals surface area contributed by atoms with Crippen LogP contribution in [0.1, 0.15) is 11.1 Å². The van der Waals surface area contributed by atoms with Gasteiger partial charge >= 0.3 is 0 Å². The Balaban J connectivity index is 1.90. The van der Waals surface area contributed by atoms with E-state index in [-0.39, 0.29) is 4.65 Å². The van der Waals surface area contributed by atoms with Crippen LogP contribution in [0.5, 0.6) is 0 Å². The average molecular weight is 396 g/mol. The summed E-state index contributed by atoms with van der Waals surface area (Å²) in [5.41, 5.74) is 4.32. The Kier molecular flexibility index (Phi) is 2.76. The third-order valence-electron chi connectivity index (χ3n) is 4.05. The smallest absolute Gasteiger partial charge is 0.159 e. The number of fused-ring (bicyclic) bond motifs is 6. The first kappa shape index (κ1) is 12.8. The molecule has 0 fully saturated rings. The van der Waals surface area contributed by atoms with E-state index >= 15 is 0 Å². The van der Waals surface area contributed by atoms with E-state index in [1.807, 2.05) is 18.2 Å². The maximum absolute atomic E-state index is 13.2. The lowest BCUT2D eigenvalue weighted by atomic mass is 10.0. The van der Waals surface area contributed by atoms with Gasteiger partial charge in [0, 0.05) is 26.1 Å². The highest BCUT2D eigenvalue weighted by Gasteiger charge is 2.38. The molecule has 0 aromatic heterocycles. The van der Waals surface area contributed by atoms with Gasteiger partial charge in [0.15, 0.2) is 6.67 Å². The maximum Gasteiger partial charge on any atom is 0.159 e. The van der Waals surface area contributed by atoms with Gasteiger partial charge in [0.05, 0.1) is 12.2 Å². The molecular weight excluding hydrogens is 384 g/mol. The third kappa shape index (κ3) is 1.84. The molecule has 0 radical (unpaired) electrons. The Morgan fingerprint density at radius 3 is 2.50 bits per heavy atom. The summed E-state index contributed by atoms with van der Waals surface area (Å²) in [5.74, 6) is 0. The Hall–Kier alpha value is -0.880. The molecule has 2 aliphatic heterocycles. The van der Waals surface area contributed by atoms with Crippen LogP contribution in [0, 0.1) is 5.21 Å². The zero-order valence-corrected chi connectivity index (χ0v) is 13.8. The summed E-state index contributed by atoms with van der Waals surface area (Å²) in [6.07, 6.45) is 0. The van der Waals surface area contributed by atoms with Gasteiger partial charge < -0.3 is 14.8 Å². The summed E-state index contributed by atoms with van der Waals surface area (Å²) < 4.78 is 1.77. The number of hydrogen-bond acceptors (Lipinski definition) is 2. The second kappa shape index (κ2) is 4.31. The van der Waals surface area contributed by atoms with Crippen LogP contribution < -0.4 is 9.55 Å². The monoisotopic (exact) mass is 394 g/mol. The van der Waals surface area contributed by atoms with Gasteiger partial charge in [0.2, 0.25) is 0 Å². The van der Waals surface area contributed by atoms with E-state index in [0.717, 1.165) is 32.3 Å². The quantitative estimate of drug-likeness (QED) is 0.484. The standard InChI is InChI=1S/C15H12Br2N2O/c16-12-1-3-14-11(6-12)8-19(20)9-18(14)7-10-5-13(17)2-4-15(10)19/h1-6H,7-9H2/t19-/m1/s1. The lowest BCUT2D eigenvalue weighted by Gasteiger charge is -2.53. The van der Waals surface area contributed by atoms with Crippen molar-refractivity contribution in [2.75, 3.05) is 11.6 Å². The number of benzene rings is 2. The molecule has 20 heavy (non-hydrogen) atoms. The van der Waals surface area contributed by atoms with Crippen molar-refractivity contribution in [1.82, 2.24) is 4.65 Å². The van der Waals surface area contributed by atoms with Crippen molar-refractivity contribution in [1.29, 1.82) is 0 Å². The topological polar surface area (TPSA) is 26.3 Å². The summed E-state index contributed by atoms with van der Waals surface area (Å²) in [6, 6.07) is 12.2. The van der Waals surface area contributed by atoms with Crippen LogP contribution >= 0.6 is 31.9 Å². The fourth-order valence-electron chi connectivity index (χ4n) is 3.25. The summed E-state index contributed by atoms with van der Waals surface area (Å²) in [5, 5.41) is 13.2. The SMILES string of the molecule is [O-][N@@+]12Cc3cc(Br)ccc3N(Cc3cc(Br)ccc31)C2. The highest BCUT2D eigenvalue weighted by molar-refractivity contribution is 9.10. The summed E-state index contributed by atoms with van der Waals surface area (Å²) in [7, 11) is 0. The Bertz CT molecular complexity index is 719. The molecule has 0 amide bonds. The molecule has 0 saturated heterocycles. The van der Waals surface area contributed by atoms with E-state index in [2.05, 4.69) is 55.0 Å². The number of quaternary nitrogens is 1. The van der Waals surface area contributed by atoms with Crippen molar-refractivity contribution in [2.24, 2.45) is 0 Å². The number of halogens is 2. The van der Waals surface area contributed by atoms with Gasteiger partial charge in [-0.1, -0.05) is 31.9 Å². The van der Waals surface area contributed by atoms with Gasteiger partial charge in [-0.3, -0.25) is 0 Å². The van der Waals surface area contributed by atoms with Gasteiger partial charge in [-0.2, -0.15) is 0 Å². The molecule has 0 spiro atoms. The summed E-state index contributed by atoms with van der Waals surface area (Å²) >= 11 is 6.99. The lowest BCUT2D eigenvalue weighted by molar-refractivity contribution is 0.323. The summed E-state index contributed by atoms with van der Waals surface area (Å²) in [6.45, 7) is 1.80. The third-order valence-corrected chi connectivity index (χ3v) is 5.04. The van der Waals surface area contributed by atoms with Gasteiger partial charge in [0.1, 0.15) is 12.2 Å². The Labute approximate surface area is 134 Å². The first-order chi connectivity index (χ1) is 9.55. The van der Waals surface area contributed by atoms with Crippen molar-refractivity contribution >= 4 is 43.2 Å². The van der Waals surface area contributed by atoms with Crippen LogP contribution in [0.25, 0.3) is 0 Å². The average Bonchev–Trinajstić information content (AvgIpc) is 2.37. The highest BCUT2D eigenvalue weighted by Crippen LogP contribution is 2.43. The largest absolute Gasteiger partial charge is 0.626 e. The van der Waals surface area contributed by atoms with E-state index in [1.165, 1.54) is 5.69 Å². The minimum absolute atomic E-state index is 0.286. The zero-order chi connectivity index (χ0) is 13.9. The van der Waals surface area contributed by atoms with Gasteiger partial charge in [-0.05, 0) is 30.3 Å². The van der Waals surface area contributed by atoms with E-state index in [9.17, 15) is 5.21 Å². The molecule has 2 aromatic carbocycles. The normalized spacial score (nSPS) is 23.2. The first-order valence-corrected chi connectivity index (χ1v) is 8.04. The lowest BCUT2D eigenvalue weighted by Crippen LogP contribution is -2.57. The minimum Gasteiger partial charge on any atom is -0.626 e. The maximum atomic E-state index is 13.2. The molecule has 102 valence electrons. The highest BCUT2D eigenvalue weighted by atomic mass is 79.9. The second-order valence-corrected chi connectivity index (χ2v) is 7.26. The Morgan fingerprint density at radius 2 is 1.70 bits per heavy atom. The molecule has 0 N–H and O–H groups in total. The molecule has 0 saturated carbocycles. The molecule has 2 heterocycles. The molecule has 0 aliphatic carbocycles. The van der Waals surface area contributed by atoms with E-state index < -0.39 is 0 Å². The molecule has 2 bridgehead atoms. The predicted molar refractivity (Wildman–Crippen MR) is 88.2 cm³/mol. The van der Waals surface area contributed by atoms with Crippen molar-refractivity contribution in [3.8, 4) is 0 Å². The number of anilines is 1. The molecule has 4 rings (SSSR count). The van der Waals surface area contributed by atoms with Crippen molar-refractivity contribution in [2.45, 2.75) is 13.1 Å². The molecule has 2 aliphatic rings. The van der Waals surface area contributed by atoms with Crippen LogP contribution in [0.15, 0.2) is 45.3 Å². The number of hydrogen-bond donors (Lipinski definition) is 0. The van der Waals surface area contributed by atoms with Crippen LogP contribution in [0.4, 0.5) is 11.4 Å². The van der Waals surface area contributed by atoms with Crippen LogP contribution in [-0.4, -0.2) is 6.67 Å². The minimum atomic E-state index is -0.286. The van der Waals surface area contributed by atoms with Gasteiger partial charge in [0.25, 0.3) is 0 Å². The molecule has 2 aromatic rings. The van der Waals surface area contributed by atoms with E-state index in [4.69, 9.17) is 0 Å². The Morgan fingerprint density at radius 1 is 1.00 bits per heavy atom. The fraction of sp³-hybridized carbons (Fsp3) is 0.200. The van der Waals surface area contributed by atoms with Gasteiger partial charge in [-0.15, -0.1) is 0 Å².